The average Bonchev–Trinajstić information content (AvgIpc) is 4.02. The van der Waals surface area contributed by atoms with E-state index in [0.717, 1.165) is 41.0 Å². The zero-order chi connectivity index (χ0) is 56.8. The molecular weight excluding hydrogens is 1080 g/mol. The first-order valence-corrected chi connectivity index (χ1v) is 22.9. The molecule has 0 atom stereocenters. The molecule has 402 valence electrons. The second kappa shape index (κ2) is 19.0. The second-order valence-corrected chi connectivity index (χ2v) is 17.8. The standard InChI is InChI=1S/C57H28F18N4/c58-52(59,60)34-14-20-37(43(26-34)55(67,68)69)31-11-17-40-41-18-12-32(38-21-15-35(53(61,62)63)27-44(38)56(70,71)72)24-47(41)79(46(40)23-31)48-25-33(39-22-16-36(54(64,65)66)28-45(39)57(73,74)75)13-19-42(48)51-77-49(29-7-3-1-4-8-29)76-50(78-51)30-9-5-2-6-10-30/h1-28H. The molecule has 10 rings (SSSR count). The first kappa shape index (κ1) is 53.7. The maximum absolute atomic E-state index is 15.0. The Kier molecular flexibility index (Phi) is 12.9. The largest absolute Gasteiger partial charge is 0.417 e. The third kappa shape index (κ3) is 10.5. The minimum Gasteiger partial charge on any atom is -0.308 e. The summed E-state index contributed by atoms with van der Waals surface area (Å²) in [4.78, 5) is 14.1. The molecule has 0 amide bonds. The van der Waals surface area contributed by atoms with Crippen molar-refractivity contribution in [3.63, 3.8) is 0 Å². The molecule has 0 aliphatic heterocycles. The van der Waals surface area contributed by atoms with Gasteiger partial charge in [-0.15, -0.1) is 0 Å². The Balaban J connectivity index is 1.36. The monoisotopic (exact) mass is 1110 g/mol. The third-order valence-electron chi connectivity index (χ3n) is 12.8. The highest BCUT2D eigenvalue weighted by Gasteiger charge is 2.42. The fourth-order valence-corrected chi connectivity index (χ4v) is 9.24. The summed E-state index contributed by atoms with van der Waals surface area (Å²) in [6.07, 6.45) is -32.1. The molecule has 10 aromatic rings. The zero-order valence-corrected chi connectivity index (χ0v) is 39.3. The van der Waals surface area contributed by atoms with Crippen molar-refractivity contribution in [2.45, 2.75) is 37.1 Å². The third-order valence-corrected chi connectivity index (χ3v) is 12.8. The lowest BCUT2D eigenvalue weighted by molar-refractivity contribution is -0.144. The molecule has 0 N–H and O–H groups in total. The Morgan fingerprint density at radius 2 is 0.582 bits per heavy atom. The number of alkyl halides is 18. The van der Waals surface area contributed by atoms with E-state index in [0.29, 0.717) is 47.5 Å². The molecule has 0 bridgehead atoms. The van der Waals surface area contributed by atoms with E-state index < -0.39 is 104 Å². The Morgan fingerprint density at radius 3 is 0.924 bits per heavy atom. The topological polar surface area (TPSA) is 43.6 Å². The highest BCUT2D eigenvalue weighted by atomic mass is 19.4. The van der Waals surface area contributed by atoms with Crippen molar-refractivity contribution in [1.29, 1.82) is 0 Å². The molecule has 0 aliphatic rings. The van der Waals surface area contributed by atoms with Gasteiger partial charge in [0.15, 0.2) is 17.5 Å². The van der Waals surface area contributed by atoms with Crippen LogP contribution in [0.15, 0.2) is 170 Å². The zero-order valence-electron chi connectivity index (χ0n) is 39.3. The van der Waals surface area contributed by atoms with Gasteiger partial charge in [0.2, 0.25) is 0 Å². The van der Waals surface area contributed by atoms with E-state index in [9.17, 15) is 79.0 Å². The van der Waals surface area contributed by atoms with Gasteiger partial charge >= 0.3 is 37.1 Å². The molecule has 79 heavy (non-hydrogen) atoms. The normalized spacial score (nSPS) is 12.9. The van der Waals surface area contributed by atoms with Crippen LogP contribution in [0.3, 0.4) is 0 Å². The number of fused-ring (bicyclic) bond motifs is 3. The molecule has 4 nitrogen and oxygen atoms in total. The van der Waals surface area contributed by atoms with E-state index in [4.69, 9.17) is 9.97 Å². The van der Waals surface area contributed by atoms with Gasteiger partial charge in [-0.25, -0.2) is 15.0 Å². The van der Waals surface area contributed by atoms with Crippen LogP contribution >= 0.6 is 0 Å². The first-order valence-electron chi connectivity index (χ1n) is 22.9. The molecule has 0 aliphatic carbocycles. The van der Waals surface area contributed by atoms with Crippen molar-refractivity contribution in [3.05, 3.63) is 203 Å². The van der Waals surface area contributed by atoms with Gasteiger partial charge in [0, 0.05) is 27.5 Å². The SMILES string of the molecule is FC(F)(F)c1ccc(-c2ccc(-c3nc(-c4ccccc4)nc(-c4ccccc4)n3)c(-n3c4cc(-c5ccc(C(F)(F)F)cc5C(F)(F)F)ccc4c4ccc(-c5ccc(C(F)(F)F)cc5C(F)(F)F)cc43)c2)c(C(F)(F)F)c1. The molecule has 0 radical (unpaired) electrons. The summed E-state index contributed by atoms with van der Waals surface area (Å²) in [5, 5.41) is 0.0865. The van der Waals surface area contributed by atoms with Gasteiger partial charge in [-0.1, -0.05) is 109 Å². The van der Waals surface area contributed by atoms with Gasteiger partial charge in [0.05, 0.1) is 50.1 Å². The molecule has 0 saturated carbocycles. The summed E-state index contributed by atoms with van der Waals surface area (Å²) >= 11 is 0. The Labute approximate surface area is 432 Å². The van der Waals surface area contributed by atoms with Crippen LogP contribution < -0.4 is 0 Å². The Hall–Kier alpha value is -8.69. The highest BCUT2D eigenvalue weighted by molar-refractivity contribution is 6.12. The molecule has 0 unspecified atom stereocenters. The number of benzene rings is 8. The fraction of sp³-hybridized carbons (Fsp3) is 0.105. The first-order chi connectivity index (χ1) is 36.9. The van der Waals surface area contributed by atoms with E-state index in [1.54, 1.807) is 60.7 Å². The molecule has 0 fully saturated rings. The minimum atomic E-state index is -5.47. The summed E-state index contributed by atoms with van der Waals surface area (Å²) < 4.78 is 261. The van der Waals surface area contributed by atoms with Crippen LogP contribution in [-0.4, -0.2) is 19.5 Å². The lowest BCUT2D eigenvalue weighted by Gasteiger charge is -2.20. The van der Waals surface area contributed by atoms with Crippen LogP contribution in [0.25, 0.3) is 95.0 Å². The van der Waals surface area contributed by atoms with Crippen molar-refractivity contribution in [3.8, 4) is 73.2 Å². The number of halogens is 18. The van der Waals surface area contributed by atoms with Crippen molar-refractivity contribution < 1.29 is 79.0 Å². The Bertz CT molecular complexity index is 3790. The predicted molar refractivity (Wildman–Crippen MR) is 257 cm³/mol. The summed E-state index contributed by atoms with van der Waals surface area (Å²) in [5.41, 5.74) is -14.3. The number of hydrogen-bond acceptors (Lipinski definition) is 3. The summed E-state index contributed by atoms with van der Waals surface area (Å²) in [7, 11) is 0. The van der Waals surface area contributed by atoms with E-state index in [1.807, 2.05) is 0 Å². The fourth-order valence-electron chi connectivity index (χ4n) is 9.24. The van der Waals surface area contributed by atoms with Gasteiger partial charge in [0.1, 0.15) is 0 Å². The van der Waals surface area contributed by atoms with E-state index in [2.05, 4.69) is 4.98 Å². The van der Waals surface area contributed by atoms with Crippen molar-refractivity contribution in [1.82, 2.24) is 19.5 Å². The van der Waals surface area contributed by atoms with E-state index in [-0.39, 0.29) is 68.7 Å². The van der Waals surface area contributed by atoms with Crippen molar-refractivity contribution in [2.24, 2.45) is 0 Å². The van der Waals surface area contributed by atoms with Crippen LogP contribution in [0.2, 0.25) is 0 Å². The maximum Gasteiger partial charge on any atom is 0.417 e. The van der Waals surface area contributed by atoms with E-state index in [1.165, 1.54) is 18.2 Å². The number of rotatable bonds is 7. The van der Waals surface area contributed by atoms with Gasteiger partial charge < -0.3 is 4.57 Å². The van der Waals surface area contributed by atoms with Crippen LogP contribution in [0, 0.1) is 0 Å². The molecule has 8 aromatic carbocycles. The van der Waals surface area contributed by atoms with Crippen LogP contribution in [0.5, 0.6) is 0 Å². The predicted octanol–water partition coefficient (Wildman–Crippen LogP) is 19.1. The average molecular weight is 1110 g/mol. The molecular formula is C57H28F18N4. The molecule has 2 heterocycles. The molecule has 2 aromatic heterocycles. The number of nitrogens with zero attached hydrogens (tertiary/aromatic N) is 4. The summed E-state index contributed by atoms with van der Waals surface area (Å²) in [5.74, 6) is -0.279. The molecule has 22 heteroatoms. The molecule has 0 saturated heterocycles. The van der Waals surface area contributed by atoms with Gasteiger partial charge in [-0.05, 0) is 94.0 Å². The van der Waals surface area contributed by atoms with Crippen LogP contribution in [0.1, 0.15) is 33.4 Å². The van der Waals surface area contributed by atoms with Gasteiger partial charge in [-0.2, -0.15) is 79.0 Å². The van der Waals surface area contributed by atoms with Crippen molar-refractivity contribution >= 4 is 21.8 Å². The smallest absolute Gasteiger partial charge is 0.308 e. The molecule has 0 spiro atoms. The van der Waals surface area contributed by atoms with E-state index >= 15 is 0 Å². The summed E-state index contributed by atoms with van der Waals surface area (Å²) in [6, 6.07) is 28.8. The quantitative estimate of drug-likeness (QED) is 0.149. The number of aromatic nitrogens is 4. The summed E-state index contributed by atoms with van der Waals surface area (Å²) in [6.45, 7) is 0. The van der Waals surface area contributed by atoms with Crippen LogP contribution in [0.4, 0.5) is 79.0 Å². The lowest BCUT2D eigenvalue weighted by atomic mass is 9.94. The van der Waals surface area contributed by atoms with Crippen molar-refractivity contribution in [2.75, 3.05) is 0 Å². The Morgan fingerprint density at radius 1 is 0.266 bits per heavy atom. The minimum absolute atomic E-state index is 0.00246. The highest BCUT2D eigenvalue weighted by Crippen LogP contribution is 2.48. The van der Waals surface area contributed by atoms with Gasteiger partial charge in [-0.3, -0.25) is 0 Å². The number of hydrogen-bond donors (Lipinski definition) is 0. The lowest BCUT2D eigenvalue weighted by Crippen LogP contribution is -2.12. The maximum atomic E-state index is 15.0. The second-order valence-electron chi connectivity index (χ2n) is 17.8. The van der Waals surface area contributed by atoms with Gasteiger partial charge in [0.25, 0.3) is 0 Å². The van der Waals surface area contributed by atoms with Crippen LogP contribution in [-0.2, 0) is 37.1 Å².